The standard InChI is InChI=1S/C34H28N8O15S4.4Na/c1-15-7-25(40-42-32-28(61(54,55)56)11-17-9-21(59(48,49)50)13-23(36)30(17)34(32)44)26(57-2)14-24(15)39-37-18-3-5-19(6-4-18)38-41-31-27(60(51,52)53)10-16-8-20(58(45,46)47)12-22(35)29(16)33(31)43;;;;/h3-14,43-44H,35-36H2,1-2H3,(H,45,46,47)(H,48,49,50)(H,51,52,53)(H,54,55,56);;;;/q;4*+1/p-4. The van der Waals surface area contributed by atoms with E-state index in [4.69, 9.17) is 16.2 Å². The van der Waals surface area contributed by atoms with Gasteiger partial charge in [0.2, 0.25) is 0 Å². The van der Waals surface area contributed by atoms with E-state index in [-0.39, 0.29) is 168 Å². The summed E-state index contributed by atoms with van der Waals surface area (Å²) in [6.45, 7) is 1.58. The molecular formula is C34H24N8Na4O15S4. The van der Waals surface area contributed by atoms with E-state index < -0.39 is 94.3 Å². The Morgan fingerprint density at radius 3 is 1.25 bits per heavy atom. The van der Waals surface area contributed by atoms with Gasteiger partial charge in [-0.15, -0.1) is 15.3 Å². The number of anilines is 2. The summed E-state index contributed by atoms with van der Waals surface area (Å²) in [6.07, 6.45) is 0. The van der Waals surface area contributed by atoms with Crippen LogP contribution in [0.5, 0.6) is 17.2 Å². The molecule has 6 aromatic carbocycles. The topological polar surface area (TPSA) is 405 Å². The summed E-state index contributed by atoms with van der Waals surface area (Å²) < 4.78 is 147. The number of nitrogens with zero attached hydrogens (tertiary/aromatic N) is 6. The monoisotopic (exact) mass is 1000 g/mol. The Morgan fingerprint density at radius 2 is 0.877 bits per heavy atom. The second kappa shape index (κ2) is 22.1. The first-order valence-electron chi connectivity index (χ1n) is 16.3. The number of fused-ring (bicyclic) bond motifs is 2. The molecular weight excluding hydrogens is 981 g/mol. The summed E-state index contributed by atoms with van der Waals surface area (Å²) in [4.78, 5) is -3.87. The van der Waals surface area contributed by atoms with Crippen molar-refractivity contribution in [1.82, 2.24) is 0 Å². The summed E-state index contributed by atoms with van der Waals surface area (Å²) in [5.41, 5.74) is 10.1. The molecule has 0 atom stereocenters. The van der Waals surface area contributed by atoms with E-state index in [0.29, 0.717) is 17.7 Å². The molecule has 6 N–H and O–H groups in total. The predicted octanol–water partition coefficient (Wildman–Crippen LogP) is -6.24. The quantitative estimate of drug-likeness (QED) is 0.0406. The zero-order chi connectivity index (χ0) is 45.0. The molecule has 6 rings (SSSR count). The van der Waals surface area contributed by atoms with Crippen molar-refractivity contribution < 1.29 is 185 Å². The van der Waals surface area contributed by atoms with Gasteiger partial charge in [-0.3, -0.25) is 0 Å². The van der Waals surface area contributed by atoms with E-state index >= 15 is 0 Å². The number of azo groups is 3. The SMILES string of the molecule is COc1cc(N=Nc2ccc(N=Nc3c(S(=O)(=O)[O-])cc4cc(S(=O)(=O)[O-])cc(N)c4c3O)cc2)c(C)cc1N=Nc1c(S(=O)(=O)[O-])cc2cc(S(=O)(=O)[O-])cc(N)c2c1O.[Na+].[Na+].[Na+].[Na+]. The van der Waals surface area contributed by atoms with Crippen LogP contribution >= 0.6 is 0 Å². The van der Waals surface area contributed by atoms with E-state index in [1.165, 1.54) is 43.5 Å². The Labute approximate surface area is 458 Å². The fraction of sp³-hybridized carbons (Fsp3) is 0.0588. The van der Waals surface area contributed by atoms with Gasteiger partial charge in [0.25, 0.3) is 0 Å². The fourth-order valence-electron chi connectivity index (χ4n) is 5.77. The molecule has 65 heavy (non-hydrogen) atoms. The summed E-state index contributed by atoms with van der Waals surface area (Å²) in [7, 11) is -19.6. The summed E-state index contributed by atoms with van der Waals surface area (Å²) in [6, 6.07) is 12.6. The summed E-state index contributed by atoms with van der Waals surface area (Å²) in [5, 5.41) is 44.2. The van der Waals surface area contributed by atoms with Crippen molar-refractivity contribution >= 4 is 108 Å². The molecule has 0 radical (unpaired) electrons. The third-order valence-electron chi connectivity index (χ3n) is 8.57. The molecule has 0 bridgehead atoms. The number of nitrogens with two attached hydrogens (primary N) is 2. The van der Waals surface area contributed by atoms with Crippen molar-refractivity contribution in [2.24, 2.45) is 30.7 Å². The van der Waals surface area contributed by atoms with Crippen LogP contribution in [-0.2, 0) is 40.5 Å². The maximum absolute atomic E-state index is 12.2. The Hall–Kier alpha value is -2.72. The first-order chi connectivity index (χ1) is 28.3. The van der Waals surface area contributed by atoms with E-state index in [9.17, 15) is 62.1 Å². The number of hydrogen-bond acceptors (Lipinski definition) is 23. The smallest absolute Gasteiger partial charge is 0.744 e. The molecule has 0 aromatic heterocycles. The van der Waals surface area contributed by atoms with Crippen LogP contribution < -0.4 is 134 Å². The van der Waals surface area contributed by atoms with Gasteiger partial charge in [0.1, 0.15) is 63.3 Å². The van der Waals surface area contributed by atoms with E-state index in [2.05, 4.69) is 30.7 Å². The third-order valence-corrected chi connectivity index (χ3v) is 11.9. The van der Waals surface area contributed by atoms with Gasteiger partial charge in [0.05, 0.1) is 43.8 Å². The molecule has 0 aliphatic carbocycles. The molecule has 6 aromatic rings. The second-order valence-corrected chi connectivity index (χ2v) is 18.1. The number of benzene rings is 6. The number of rotatable bonds is 11. The molecule has 0 aliphatic heterocycles. The molecule has 31 heteroatoms. The van der Waals surface area contributed by atoms with Crippen LogP contribution in [0.3, 0.4) is 0 Å². The van der Waals surface area contributed by atoms with Crippen LogP contribution in [0, 0.1) is 6.92 Å². The Morgan fingerprint density at radius 1 is 0.508 bits per heavy atom. The van der Waals surface area contributed by atoms with E-state index in [1.807, 2.05) is 0 Å². The van der Waals surface area contributed by atoms with Gasteiger partial charge in [0.15, 0.2) is 11.5 Å². The van der Waals surface area contributed by atoms with Crippen molar-refractivity contribution in [3.05, 3.63) is 78.4 Å². The maximum Gasteiger partial charge on any atom is 1.00 e. The van der Waals surface area contributed by atoms with Gasteiger partial charge in [-0.2, -0.15) is 15.3 Å². The number of nitrogen functional groups attached to an aromatic ring is 2. The number of phenolic OH excluding ortho intramolecular Hbond substituents is 2. The molecule has 0 fully saturated rings. The predicted molar refractivity (Wildman–Crippen MR) is 209 cm³/mol. The Kier molecular flexibility index (Phi) is 19.9. The largest absolute Gasteiger partial charge is 1.00 e. The average molecular weight is 1000 g/mol. The first kappa shape index (κ1) is 58.4. The van der Waals surface area contributed by atoms with Crippen LogP contribution in [0.2, 0.25) is 0 Å². The van der Waals surface area contributed by atoms with Crippen LogP contribution in [0.1, 0.15) is 5.56 Å². The molecule has 0 saturated heterocycles. The van der Waals surface area contributed by atoms with Crippen LogP contribution in [0.4, 0.5) is 45.5 Å². The van der Waals surface area contributed by atoms with E-state index in [1.54, 1.807) is 6.92 Å². The zero-order valence-electron chi connectivity index (χ0n) is 34.6. The van der Waals surface area contributed by atoms with Gasteiger partial charge in [-0.25, -0.2) is 33.7 Å². The second-order valence-electron chi connectivity index (χ2n) is 12.6. The van der Waals surface area contributed by atoms with Crippen molar-refractivity contribution in [2.75, 3.05) is 18.6 Å². The molecule has 23 nitrogen and oxygen atoms in total. The van der Waals surface area contributed by atoms with Crippen LogP contribution in [0.15, 0.2) is 123 Å². The molecule has 0 spiro atoms. The average Bonchev–Trinajstić information content (AvgIpc) is 3.15. The molecule has 0 heterocycles. The van der Waals surface area contributed by atoms with Gasteiger partial charge >= 0.3 is 118 Å². The maximum atomic E-state index is 12.2. The first-order valence-corrected chi connectivity index (χ1v) is 22.0. The minimum absolute atomic E-state index is 0. The number of phenols is 2. The fourth-order valence-corrected chi connectivity index (χ4v) is 8.14. The van der Waals surface area contributed by atoms with Gasteiger partial charge in [-0.1, -0.05) is 0 Å². The number of aryl methyl sites for hydroxylation is 1. The van der Waals surface area contributed by atoms with Gasteiger partial charge in [-0.05, 0) is 90.0 Å². The minimum atomic E-state index is -5.39. The zero-order valence-corrected chi connectivity index (χ0v) is 45.9. The summed E-state index contributed by atoms with van der Waals surface area (Å²) >= 11 is 0. The van der Waals surface area contributed by atoms with E-state index in [0.717, 1.165) is 24.3 Å². The van der Waals surface area contributed by atoms with Gasteiger partial charge in [0, 0.05) is 28.2 Å². The normalized spacial score (nSPS) is 12.2. The van der Waals surface area contributed by atoms with Gasteiger partial charge < -0.3 is 44.6 Å². The van der Waals surface area contributed by atoms with Crippen LogP contribution in [-0.4, -0.2) is 69.2 Å². The Balaban J connectivity index is 0.00000363. The number of hydrogen-bond donors (Lipinski definition) is 4. The minimum Gasteiger partial charge on any atom is -0.744 e. The number of methoxy groups -OCH3 is 1. The molecule has 318 valence electrons. The third kappa shape index (κ3) is 13.1. The Bertz CT molecular complexity index is 3420. The number of ether oxygens (including phenoxy) is 1. The molecule has 0 unspecified atom stereocenters. The van der Waals surface area contributed by atoms with Crippen molar-refractivity contribution in [1.29, 1.82) is 0 Å². The van der Waals surface area contributed by atoms with Crippen molar-refractivity contribution in [3.8, 4) is 17.2 Å². The molecule has 0 amide bonds. The van der Waals surface area contributed by atoms with Crippen molar-refractivity contribution in [2.45, 2.75) is 26.5 Å². The molecule has 0 saturated carbocycles. The van der Waals surface area contributed by atoms with Crippen LogP contribution in [0.25, 0.3) is 21.5 Å². The van der Waals surface area contributed by atoms with Crippen molar-refractivity contribution in [3.63, 3.8) is 0 Å². The molecule has 0 aliphatic rings. The summed E-state index contributed by atoms with van der Waals surface area (Å²) in [5.74, 6) is -1.88. The number of aromatic hydroxyl groups is 2.